The zero-order valence-electron chi connectivity index (χ0n) is 15.2. The first-order valence-electron chi connectivity index (χ1n) is 8.76. The zero-order chi connectivity index (χ0) is 21.3. The zero-order valence-corrected chi connectivity index (χ0v) is 16.0. The predicted molar refractivity (Wildman–Crippen MR) is 107 cm³/mol. The molecule has 0 aliphatic carbocycles. The predicted octanol–water partition coefficient (Wildman–Crippen LogP) is 5.70. The van der Waals surface area contributed by atoms with E-state index in [2.05, 4.69) is 15.3 Å². The molecular weight excluding hydrogens is 418 g/mol. The molecule has 9 heteroatoms. The normalized spacial score (nSPS) is 11.6. The minimum atomic E-state index is -4.49. The number of thiazole rings is 1. The van der Waals surface area contributed by atoms with Crippen LogP contribution in [0.3, 0.4) is 0 Å². The van der Waals surface area contributed by atoms with E-state index in [1.165, 1.54) is 47.7 Å². The van der Waals surface area contributed by atoms with Crippen molar-refractivity contribution in [2.75, 3.05) is 5.32 Å². The standard InChI is InChI=1S/C21H13F4N3OS/c22-16-6-4-13(11-18(29)28-20-26-8-9-30-20)19-15(16)5-7-17(27-19)12-2-1-3-14(10-12)21(23,24)25/h1-10H,11H2,(H,26,28,29). The van der Waals surface area contributed by atoms with Crippen molar-refractivity contribution >= 4 is 33.3 Å². The third-order valence-electron chi connectivity index (χ3n) is 4.40. The largest absolute Gasteiger partial charge is 0.416 e. The number of benzene rings is 2. The van der Waals surface area contributed by atoms with Gasteiger partial charge in [0.15, 0.2) is 5.13 Å². The summed E-state index contributed by atoms with van der Waals surface area (Å²) in [5.74, 6) is -0.888. The number of carbonyl (C=O) groups excluding carboxylic acids is 1. The molecule has 1 N–H and O–H groups in total. The molecule has 0 bridgehead atoms. The molecular formula is C21H13F4N3OS. The second kappa shape index (κ2) is 7.83. The van der Waals surface area contributed by atoms with Crippen LogP contribution >= 0.6 is 11.3 Å². The number of rotatable bonds is 4. The quantitative estimate of drug-likeness (QED) is 0.422. The number of aromatic nitrogens is 2. The van der Waals surface area contributed by atoms with E-state index in [4.69, 9.17) is 0 Å². The first-order chi connectivity index (χ1) is 14.3. The average molecular weight is 431 g/mol. The van der Waals surface area contributed by atoms with Crippen LogP contribution in [0.25, 0.3) is 22.2 Å². The van der Waals surface area contributed by atoms with Gasteiger partial charge in [0.2, 0.25) is 5.91 Å². The Kier molecular flexibility index (Phi) is 5.21. The number of nitrogens with zero attached hydrogens (tertiary/aromatic N) is 2. The van der Waals surface area contributed by atoms with Crippen LogP contribution in [0.1, 0.15) is 11.1 Å². The average Bonchev–Trinajstić information content (AvgIpc) is 3.22. The highest BCUT2D eigenvalue weighted by Crippen LogP contribution is 2.32. The van der Waals surface area contributed by atoms with E-state index in [-0.39, 0.29) is 34.5 Å². The van der Waals surface area contributed by atoms with Gasteiger partial charge in [-0.3, -0.25) is 4.79 Å². The van der Waals surface area contributed by atoms with Crippen molar-refractivity contribution in [3.8, 4) is 11.3 Å². The number of anilines is 1. The minimum Gasteiger partial charge on any atom is -0.302 e. The van der Waals surface area contributed by atoms with Crippen LogP contribution in [0.15, 0.2) is 60.1 Å². The van der Waals surface area contributed by atoms with E-state index in [1.54, 1.807) is 11.6 Å². The molecule has 0 unspecified atom stereocenters. The van der Waals surface area contributed by atoms with Gasteiger partial charge in [-0.2, -0.15) is 13.2 Å². The fourth-order valence-corrected chi connectivity index (χ4v) is 3.56. The van der Waals surface area contributed by atoms with E-state index in [9.17, 15) is 22.4 Å². The number of alkyl halides is 3. The molecule has 0 atom stereocenters. The van der Waals surface area contributed by atoms with Crippen LogP contribution in [-0.2, 0) is 17.4 Å². The van der Waals surface area contributed by atoms with Gasteiger partial charge in [-0.15, -0.1) is 11.3 Å². The van der Waals surface area contributed by atoms with Gasteiger partial charge in [-0.25, -0.2) is 14.4 Å². The second-order valence-electron chi connectivity index (χ2n) is 6.44. The van der Waals surface area contributed by atoms with Crippen molar-refractivity contribution in [1.82, 2.24) is 9.97 Å². The second-order valence-corrected chi connectivity index (χ2v) is 7.33. The summed E-state index contributed by atoms with van der Waals surface area (Å²) in [7, 11) is 0. The van der Waals surface area contributed by atoms with Gasteiger partial charge in [0.05, 0.1) is 23.2 Å². The molecule has 0 saturated carbocycles. The van der Waals surface area contributed by atoms with E-state index in [0.29, 0.717) is 10.7 Å². The molecule has 0 aliphatic heterocycles. The van der Waals surface area contributed by atoms with Gasteiger partial charge in [-0.1, -0.05) is 18.2 Å². The summed E-state index contributed by atoms with van der Waals surface area (Å²) in [5, 5.41) is 4.98. The molecule has 4 nitrogen and oxygen atoms in total. The van der Waals surface area contributed by atoms with E-state index in [1.807, 2.05) is 0 Å². The SMILES string of the molecule is O=C(Cc1ccc(F)c2ccc(-c3cccc(C(F)(F)F)c3)nc12)Nc1nccs1. The van der Waals surface area contributed by atoms with Crippen molar-refractivity contribution in [2.45, 2.75) is 12.6 Å². The summed E-state index contributed by atoms with van der Waals surface area (Å²) in [6.45, 7) is 0. The van der Waals surface area contributed by atoms with E-state index in [0.717, 1.165) is 12.1 Å². The number of nitrogens with one attached hydrogen (secondary N) is 1. The smallest absolute Gasteiger partial charge is 0.302 e. The Labute approximate surface area is 172 Å². The van der Waals surface area contributed by atoms with Gasteiger partial charge < -0.3 is 5.32 Å². The fourth-order valence-electron chi connectivity index (χ4n) is 3.02. The van der Waals surface area contributed by atoms with Crippen LogP contribution < -0.4 is 5.32 Å². The number of hydrogen-bond acceptors (Lipinski definition) is 4. The maximum Gasteiger partial charge on any atom is 0.416 e. The van der Waals surface area contributed by atoms with E-state index >= 15 is 0 Å². The molecule has 30 heavy (non-hydrogen) atoms. The van der Waals surface area contributed by atoms with Crippen molar-refractivity contribution in [3.63, 3.8) is 0 Å². The summed E-state index contributed by atoms with van der Waals surface area (Å²) in [6, 6.07) is 10.3. The highest BCUT2D eigenvalue weighted by molar-refractivity contribution is 7.13. The third-order valence-corrected chi connectivity index (χ3v) is 5.09. The molecule has 4 rings (SSSR count). The van der Waals surface area contributed by atoms with Crippen LogP contribution in [0.2, 0.25) is 0 Å². The third kappa shape index (κ3) is 4.16. The van der Waals surface area contributed by atoms with Crippen molar-refractivity contribution in [1.29, 1.82) is 0 Å². The lowest BCUT2D eigenvalue weighted by Crippen LogP contribution is -2.14. The summed E-state index contributed by atoms with van der Waals surface area (Å²) in [5.41, 5.74) is 0.368. The maximum absolute atomic E-state index is 14.3. The molecule has 0 radical (unpaired) electrons. The molecule has 2 heterocycles. The van der Waals surface area contributed by atoms with Gasteiger partial charge in [-0.05, 0) is 35.9 Å². The highest BCUT2D eigenvalue weighted by Gasteiger charge is 2.30. The molecule has 0 spiro atoms. The molecule has 2 aromatic heterocycles. The number of hydrogen-bond donors (Lipinski definition) is 1. The van der Waals surface area contributed by atoms with Crippen LogP contribution in [0.4, 0.5) is 22.7 Å². The van der Waals surface area contributed by atoms with Crippen LogP contribution in [0, 0.1) is 5.82 Å². The lowest BCUT2D eigenvalue weighted by molar-refractivity contribution is -0.137. The number of fused-ring (bicyclic) bond motifs is 1. The van der Waals surface area contributed by atoms with Crippen LogP contribution in [0.5, 0.6) is 0 Å². The Balaban J connectivity index is 1.72. The topological polar surface area (TPSA) is 54.9 Å². The van der Waals surface area contributed by atoms with Crippen molar-refractivity contribution in [2.24, 2.45) is 0 Å². The minimum absolute atomic E-state index is 0.0879. The first-order valence-corrected chi connectivity index (χ1v) is 9.64. The Bertz CT molecular complexity index is 1220. The molecule has 152 valence electrons. The Morgan fingerprint density at radius 1 is 1.10 bits per heavy atom. The van der Waals surface area contributed by atoms with E-state index < -0.39 is 17.6 Å². The number of pyridine rings is 1. The lowest BCUT2D eigenvalue weighted by atomic mass is 10.0. The Morgan fingerprint density at radius 2 is 1.93 bits per heavy atom. The maximum atomic E-state index is 14.3. The van der Waals surface area contributed by atoms with Crippen molar-refractivity contribution < 1.29 is 22.4 Å². The summed E-state index contributed by atoms with van der Waals surface area (Å²) in [6.07, 6.45) is -3.02. The summed E-state index contributed by atoms with van der Waals surface area (Å²) in [4.78, 5) is 20.7. The van der Waals surface area contributed by atoms with Gasteiger partial charge >= 0.3 is 6.18 Å². The molecule has 0 saturated heterocycles. The summed E-state index contributed by atoms with van der Waals surface area (Å²) >= 11 is 1.26. The van der Waals surface area contributed by atoms with Crippen LogP contribution in [-0.4, -0.2) is 15.9 Å². The first kappa shape index (κ1) is 20.0. The highest BCUT2D eigenvalue weighted by atomic mass is 32.1. The molecule has 4 aromatic rings. The van der Waals surface area contributed by atoms with Crippen molar-refractivity contribution in [3.05, 3.63) is 77.1 Å². The molecule has 1 amide bonds. The number of amides is 1. The Morgan fingerprint density at radius 3 is 2.67 bits per heavy atom. The molecule has 0 fully saturated rings. The Hall–Kier alpha value is -3.33. The fraction of sp³-hybridized carbons (Fsp3) is 0.0952. The molecule has 0 aliphatic rings. The number of carbonyl (C=O) groups is 1. The number of halogens is 4. The van der Waals surface area contributed by atoms with Gasteiger partial charge in [0.25, 0.3) is 0 Å². The summed E-state index contributed by atoms with van der Waals surface area (Å²) < 4.78 is 53.4. The molecule has 2 aromatic carbocycles. The van der Waals surface area contributed by atoms with Gasteiger partial charge in [0.1, 0.15) is 5.82 Å². The lowest BCUT2D eigenvalue weighted by Gasteiger charge is -2.11. The van der Waals surface area contributed by atoms with Gasteiger partial charge in [0, 0.05) is 22.5 Å². The monoisotopic (exact) mass is 431 g/mol.